The number of ether oxygens (including phenoxy) is 1. The molecule has 0 unspecified atom stereocenters. The Kier molecular flexibility index (Phi) is 10.1. The Labute approximate surface area is 229 Å². The highest BCUT2D eigenvalue weighted by molar-refractivity contribution is 6.32. The van der Waals surface area contributed by atoms with Crippen LogP contribution in [0.1, 0.15) is 52.5 Å². The fourth-order valence-corrected chi connectivity index (χ4v) is 5.01. The highest BCUT2D eigenvalue weighted by Gasteiger charge is 2.37. The molecule has 0 radical (unpaired) electrons. The molecule has 2 aliphatic heterocycles. The summed E-state index contributed by atoms with van der Waals surface area (Å²) >= 11 is 0. The third kappa shape index (κ3) is 9.03. The highest BCUT2D eigenvalue weighted by atomic mass is 19.1. The summed E-state index contributed by atoms with van der Waals surface area (Å²) in [6, 6.07) is 7.51. The van der Waals surface area contributed by atoms with Gasteiger partial charge in [-0.3, -0.25) is 15.0 Å². The summed E-state index contributed by atoms with van der Waals surface area (Å²) in [7, 11) is -2.15. The molecule has 1 aromatic carbocycles. The lowest BCUT2D eigenvalue weighted by atomic mass is 9.92. The Hall–Kier alpha value is -2.98. The number of carbonyl (C=O) groups excluding carboxylic acids is 2. The summed E-state index contributed by atoms with van der Waals surface area (Å²) in [6.45, 7) is 10.7. The molecule has 39 heavy (non-hydrogen) atoms. The maximum atomic E-state index is 13.3. The number of hydrogen-bond donors (Lipinski definition) is 3. The van der Waals surface area contributed by atoms with E-state index in [2.05, 4.69) is 30.1 Å². The molecule has 2 heterocycles. The zero-order chi connectivity index (χ0) is 28.8. The van der Waals surface area contributed by atoms with Crippen molar-refractivity contribution >= 4 is 19.3 Å². The quantitative estimate of drug-likeness (QED) is 0.187. The smallest absolute Gasteiger partial charge is 0.444 e. The largest absolute Gasteiger partial charge is 0.635 e. The first-order chi connectivity index (χ1) is 18.3. The molecule has 0 bridgehead atoms. The topological polar surface area (TPSA) is 135 Å². The van der Waals surface area contributed by atoms with Crippen molar-refractivity contribution in [1.82, 2.24) is 15.1 Å². The third-order valence-corrected chi connectivity index (χ3v) is 7.18. The first kappa shape index (κ1) is 30.6. The van der Waals surface area contributed by atoms with Crippen molar-refractivity contribution in [2.24, 2.45) is 5.41 Å². The van der Waals surface area contributed by atoms with Gasteiger partial charge in [-0.2, -0.15) is 5.26 Å². The lowest BCUT2D eigenvalue weighted by Gasteiger charge is -2.35. The Morgan fingerprint density at radius 1 is 1.31 bits per heavy atom. The van der Waals surface area contributed by atoms with Gasteiger partial charge < -0.3 is 24.3 Å². The van der Waals surface area contributed by atoms with E-state index in [9.17, 15) is 29.3 Å². The van der Waals surface area contributed by atoms with Crippen LogP contribution in [0.25, 0.3) is 0 Å². The van der Waals surface area contributed by atoms with Gasteiger partial charge in [-0.05, 0) is 68.8 Å². The SMILES string of the molecule is CC1(C)CCN(C(C)(C)C=C(C#N)C(=O)N2CCC[C@H](OC(=O)N[C@@H](Cc3ccc(F)cc3)OB(O)O)C2)C1. The van der Waals surface area contributed by atoms with Gasteiger partial charge in [-0.1, -0.05) is 26.0 Å². The number of benzene rings is 1. The Morgan fingerprint density at radius 3 is 2.59 bits per heavy atom. The second-order valence-corrected chi connectivity index (χ2v) is 11.5. The van der Waals surface area contributed by atoms with E-state index in [4.69, 9.17) is 9.39 Å². The molecular formula is C27H38BFN4O6. The van der Waals surface area contributed by atoms with E-state index in [0.717, 1.165) is 19.5 Å². The lowest BCUT2D eigenvalue weighted by molar-refractivity contribution is -0.129. The molecule has 0 aliphatic carbocycles. The minimum absolute atomic E-state index is 0.0303. The Balaban J connectivity index is 1.60. The average molecular weight is 544 g/mol. The number of rotatable bonds is 9. The number of hydrogen-bond acceptors (Lipinski definition) is 8. The number of amides is 2. The molecule has 2 atom stereocenters. The summed E-state index contributed by atoms with van der Waals surface area (Å²) in [5, 5.41) is 30.7. The lowest BCUT2D eigenvalue weighted by Crippen LogP contribution is -2.48. The Bertz CT molecular complexity index is 1090. The molecule has 2 fully saturated rings. The van der Waals surface area contributed by atoms with Crippen LogP contribution in [-0.4, -0.2) is 83.2 Å². The fourth-order valence-electron chi connectivity index (χ4n) is 5.01. The van der Waals surface area contributed by atoms with Crippen molar-refractivity contribution < 1.29 is 33.4 Å². The van der Waals surface area contributed by atoms with Crippen molar-refractivity contribution in [3.05, 3.63) is 47.3 Å². The number of nitriles is 1. The second-order valence-electron chi connectivity index (χ2n) is 11.5. The Morgan fingerprint density at radius 2 is 2.00 bits per heavy atom. The molecular weight excluding hydrogens is 506 g/mol. The van der Waals surface area contributed by atoms with E-state index in [-0.39, 0.29) is 24.0 Å². The highest BCUT2D eigenvalue weighted by Crippen LogP contribution is 2.34. The molecule has 10 nitrogen and oxygen atoms in total. The van der Waals surface area contributed by atoms with Gasteiger partial charge in [-0.15, -0.1) is 0 Å². The van der Waals surface area contributed by atoms with E-state index < -0.39 is 43.0 Å². The van der Waals surface area contributed by atoms with Gasteiger partial charge in [-0.25, -0.2) is 9.18 Å². The van der Waals surface area contributed by atoms with Crippen molar-refractivity contribution in [2.45, 2.75) is 71.2 Å². The summed E-state index contributed by atoms with van der Waals surface area (Å²) < 4.78 is 23.6. The first-order valence-electron chi connectivity index (χ1n) is 13.2. The van der Waals surface area contributed by atoms with Crippen LogP contribution >= 0.6 is 0 Å². The molecule has 0 aromatic heterocycles. The zero-order valence-electron chi connectivity index (χ0n) is 23.0. The minimum atomic E-state index is -2.15. The van der Waals surface area contributed by atoms with Crippen LogP contribution in [0.2, 0.25) is 0 Å². The number of carbonyl (C=O) groups is 2. The minimum Gasteiger partial charge on any atom is -0.444 e. The number of nitrogens with zero attached hydrogens (tertiary/aromatic N) is 3. The molecule has 12 heteroatoms. The number of halogens is 1. The standard InChI is InChI=1S/C27H38BFN4O6/c1-26(2)11-13-33(18-26)27(3,4)15-20(16-30)24(34)32-12-5-6-22(17-32)38-25(35)31-23(39-28(36)37)14-19-7-9-21(29)10-8-19/h7-10,15,22-23,36-37H,5-6,11-14,17-18H2,1-4H3,(H,31,35)/t22-,23+/m0/s1. The van der Waals surface area contributed by atoms with Crippen molar-refractivity contribution in [3.63, 3.8) is 0 Å². The molecule has 212 valence electrons. The number of likely N-dealkylation sites (tertiary alicyclic amines) is 2. The zero-order valence-corrected chi connectivity index (χ0v) is 23.0. The maximum Gasteiger partial charge on any atom is 0.635 e. The molecule has 2 saturated heterocycles. The van der Waals surface area contributed by atoms with Crippen LogP contribution in [0, 0.1) is 22.6 Å². The van der Waals surface area contributed by atoms with Crippen molar-refractivity contribution in [3.8, 4) is 6.07 Å². The molecule has 1 aromatic rings. The van der Waals surface area contributed by atoms with Crippen LogP contribution in [0.15, 0.2) is 35.9 Å². The second kappa shape index (κ2) is 12.9. The van der Waals surface area contributed by atoms with Gasteiger partial charge in [0, 0.05) is 25.0 Å². The van der Waals surface area contributed by atoms with Crippen molar-refractivity contribution in [1.29, 1.82) is 5.26 Å². The van der Waals surface area contributed by atoms with Crippen LogP contribution in [0.3, 0.4) is 0 Å². The summed E-state index contributed by atoms with van der Waals surface area (Å²) in [5.74, 6) is -0.834. The molecule has 2 amide bonds. The first-order valence-corrected chi connectivity index (χ1v) is 13.2. The maximum absolute atomic E-state index is 13.3. The third-order valence-electron chi connectivity index (χ3n) is 7.18. The van der Waals surface area contributed by atoms with Crippen LogP contribution < -0.4 is 5.32 Å². The average Bonchev–Trinajstić information content (AvgIpc) is 3.23. The summed E-state index contributed by atoms with van der Waals surface area (Å²) in [6.07, 6.45) is 1.25. The van der Waals surface area contributed by atoms with Gasteiger partial charge in [0.2, 0.25) is 0 Å². The van der Waals surface area contributed by atoms with Crippen molar-refractivity contribution in [2.75, 3.05) is 26.2 Å². The predicted octanol–water partition coefficient (Wildman–Crippen LogP) is 2.36. The normalized spacial score (nSPS) is 20.7. The van der Waals surface area contributed by atoms with Crippen LogP contribution in [0.4, 0.5) is 9.18 Å². The summed E-state index contributed by atoms with van der Waals surface area (Å²) in [4.78, 5) is 29.7. The van der Waals surface area contributed by atoms with Gasteiger partial charge in [0.1, 0.15) is 29.8 Å². The van der Waals surface area contributed by atoms with E-state index >= 15 is 0 Å². The molecule has 0 spiro atoms. The monoisotopic (exact) mass is 544 g/mol. The molecule has 3 N–H and O–H groups in total. The molecule has 3 rings (SSSR count). The molecule has 0 saturated carbocycles. The van der Waals surface area contributed by atoms with Gasteiger partial charge >= 0.3 is 13.4 Å². The van der Waals surface area contributed by atoms with Gasteiger partial charge in [0.05, 0.1) is 6.54 Å². The fraction of sp³-hybridized carbons (Fsp3) is 0.593. The van der Waals surface area contributed by atoms with E-state index in [1.54, 1.807) is 6.08 Å². The number of nitrogens with one attached hydrogen (secondary N) is 1. The van der Waals surface area contributed by atoms with E-state index in [0.29, 0.717) is 24.9 Å². The van der Waals surface area contributed by atoms with E-state index in [1.807, 2.05) is 13.8 Å². The van der Waals surface area contributed by atoms with Gasteiger partial charge in [0.25, 0.3) is 5.91 Å². The predicted molar refractivity (Wildman–Crippen MR) is 142 cm³/mol. The van der Waals surface area contributed by atoms with Gasteiger partial charge in [0.15, 0.2) is 0 Å². The summed E-state index contributed by atoms with van der Waals surface area (Å²) in [5.41, 5.74) is 0.349. The molecule has 2 aliphatic rings. The number of alkyl carbamates (subject to hydrolysis) is 1. The van der Waals surface area contributed by atoms with Crippen LogP contribution in [0.5, 0.6) is 0 Å². The van der Waals surface area contributed by atoms with E-state index in [1.165, 1.54) is 29.2 Å². The number of piperidine rings is 1. The van der Waals surface area contributed by atoms with Crippen LogP contribution in [-0.2, 0) is 20.6 Å².